The number of carbonyl (C=O) groups is 2. The number of halogens is 1. The molecule has 0 radical (unpaired) electrons. The summed E-state index contributed by atoms with van der Waals surface area (Å²) < 4.78 is 21.0. The number of benzene rings is 1. The topological polar surface area (TPSA) is 97.6 Å². The summed E-state index contributed by atoms with van der Waals surface area (Å²) in [5.74, 6) is -0.407. The van der Waals surface area contributed by atoms with Gasteiger partial charge in [0.05, 0.1) is 12.2 Å². The number of fused-ring (bicyclic) bond motifs is 1. The van der Waals surface area contributed by atoms with Gasteiger partial charge in [-0.1, -0.05) is 6.92 Å². The van der Waals surface area contributed by atoms with Crippen molar-refractivity contribution in [1.82, 2.24) is 14.8 Å². The highest BCUT2D eigenvalue weighted by Crippen LogP contribution is 2.41. The molecule has 1 N–H and O–H groups in total. The van der Waals surface area contributed by atoms with E-state index in [9.17, 15) is 19.1 Å². The fourth-order valence-corrected chi connectivity index (χ4v) is 3.38. The molecule has 2 aromatic heterocycles. The molecule has 3 aromatic rings. The predicted octanol–water partition coefficient (Wildman–Crippen LogP) is 3.95. The van der Waals surface area contributed by atoms with Gasteiger partial charge in [-0.05, 0) is 42.0 Å². The van der Waals surface area contributed by atoms with Gasteiger partial charge in [-0.2, -0.15) is 10.00 Å². The largest absolute Gasteiger partial charge is 0.477 e. The van der Waals surface area contributed by atoms with Crippen LogP contribution in [0.25, 0.3) is 22.4 Å². The third kappa shape index (κ3) is 3.49. The summed E-state index contributed by atoms with van der Waals surface area (Å²) in [5, 5.41) is 14.1. The number of carbonyl (C=O) groups excluding carboxylic acids is 1. The molecule has 154 valence electrons. The summed E-state index contributed by atoms with van der Waals surface area (Å²) in [4.78, 5) is 28.5. The Bertz CT molecular complexity index is 1110. The maximum Gasteiger partial charge on any atom is 0.420 e. The maximum absolute atomic E-state index is 13.4. The van der Waals surface area contributed by atoms with Crippen LogP contribution in [-0.2, 0) is 11.3 Å². The summed E-state index contributed by atoms with van der Waals surface area (Å²) in [5.41, 5.74) is 2.50. The molecule has 4 rings (SSSR count). The van der Waals surface area contributed by atoms with E-state index in [1.807, 2.05) is 0 Å². The molecule has 8 nitrogen and oxygen atoms in total. The molecule has 0 bridgehead atoms. The number of hydrogen-bond donors (Lipinski definition) is 1. The van der Waals surface area contributed by atoms with Gasteiger partial charge in [0.25, 0.3) is 0 Å². The second-order valence-corrected chi connectivity index (χ2v) is 6.73. The molecule has 0 atom stereocenters. The molecule has 0 saturated carbocycles. The average molecular weight is 410 g/mol. The van der Waals surface area contributed by atoms with Crippen molar-refractivity contribution in [2.24, 2.45) is 0 Å². The first-order chi connectivity index (χ1) is 14.5. The van der Waals surface area contributed by atoms with E-state index in [1.165, 1.54) is 24.4 Å². The van der Waals surface area contributed by atoms with Crippen LogP contribution in [0.5, 0.6) is 5.88 Å². The van der Waals surface area contributed by atoms with Gasteiger partial charge in [-0.15, -0.1) is 0 Å². The van der Waals surface area contributed by atoms with Gasteiger partial charge in [0, 0.05) is 31.1 Å². The average Bonchev–Trinajstić information content (AvgIpc) is 3.13. The van der Waals surface area contributed by atoms with Crippen LogP contribution in [0.4, 0.5) is 15.0 Å². The third-order valence-corrected chi connectivity index (χ3v) is 4.78. The summed E-state index contributed by atoms with van der Waals surface area (Å²) in [6.45, 7) is 2.77. The third-order valence-electron chi connectivity index (χ3n) is 4.78. The minimum Gasteiger partial charge on any atom is -0.477 e. The number of ether oxygens (including phenoxy) is 1. The molecule has 1 aliphatic heterocycles. The zero-order chi connectivity index (χ0) is 21.3. The van der Waals surface area contributed by atoms with Crippen molar-refractivity contribution in [3.63, 3.8) is 0 Å². The van der Waals surface area contributed by atoms with Crippen molar-refractivity contribution in [2.75, 3.05) is 11.5 Å². The lowest BCUT2D eigenvalue weighted by Gasteiger charge is -2.18. The maximum atomic E-state index is 13.4. The Labute approximate surface area is 171 Å². The van der Waals surface area contributed by atoms with Gasteiger partial charge < -0.3 is 9.84 Å². The first-order valence-corrected chi connectivity index (χ1v) is 9.51. The lowest BCUT2D eigenvalue weighted by molar-refractivity contribution is -0.117. The fourth-order valence-electron chi connectivity index (χ4n) is 3.38. The molecular weight excluding hydrogens is 391 g/mol. The van der Waals surface area contributed by atoms with E-state index in [0.29, 0.717) is 46.3 Å². The van der Waals surface area contributed by atoms with E-state index >= 15 is 0 Å². The Morgan fingerprint density at radius 2 is 2.00 bits per heavy atom. The number of rotatable bonds is 4. The van der Waals surface area contributed by atoms with Gasteiger partial charge in [0.1, 0.15) is 17.3 Å². The number of anilines is 1. The highest BCUT2D eigenvalue weighted by Gasteiger charge is 2.27. The van der Waals surface area contributed by atoms with E-state index in [1.54, 1.807) is 29.8 Å². The Morgan fingerprint density at radius 1 is 1.23 bits per heavy atom. The highest BCUT2D eigenvalue weighted by atomic mass is 19.1. The van der Waals surface area contributed by atoms with Gasteiger partial charge in [0.2, 0.25) is 11.8 Å². The number of aryl methyl sites for hydroxylation is 1. The van der Waals surface area contributed by atoms with Gasteiger partial charge >= 0.3 is 6.09 Å². The number of amides is 2. The quantitative estimate of drug-likeness (QED) is 0.699. The Hall–Kier alpha value is -3.75. The van der Waals surface area contributed by atoms with E-state index in [2.05, 4.69) is 10.1 Å². The zero-order valence-corrected chi connectivity index (χ0v) is 16.2. The Kier molecular flexibility index (Phi) is 5.18. The minimum absolute atomic E-state index is 0.00679. The lowest BCUT2D eigenvalue weighted by Crippen LogP contribution is -2.35. The van der Waals surface area contributed by atoms with Crippen LogP contribution >= 0.6 is 0 Å². The standard InChI is InChI=1S/C21H19FN4O4/c1-2-17(27)26(21(28)29)16-12-14(8-9-23-16)18-19(13-4-6-15(22)7-5-13)24-25-10-3-11-30-20(18)25/h4-9,12H,2-3,10-11H2,1H3,(H,28,29). The van der Waals surface area contributed by atoms with E-state index in [-0.39, 0.29) is 18.1 Å². The van der Waals surface area contributed by atoms with Crippen molar-refractivity contribution in [3.8, 4) is 28.3 Å². The first kappa shape index (κ1) is 19.6. The molecule has 2 amide bonds. The monoisotopic (exact) mass is 410 g/mol. The van der Waals surface area contributed by atoms with E-state index in [0.717, 1.165) is 6.42 Å². The lowest BCUT2D eigenvalue weighted by atomic mass is 10.0. The molecule has 1 aromatic carbocycles. The fraction of sp³-hybridized carbons (Fsp3) is 0.238. The normalized spacial score (nSPS) is 12.7. The van der Waals surface area contributed by atoms with Crippen LogP contribution in [0.1, 0.15) is 19.8 Å². The number of pyridine rings is 1. The minimum atomic E-state index is -1.40. The van der Waals surface area contributed by atoms with Crippen LogP contribution in [-0.4, -0.2) is 38.5 Å². The van der Waals surface area contributed by atoms with Crippen LogP contribution in [0, 0.1) is 5.82 Å². The van der Waals surface area contributed by atoms with Crippen LogP contribution in [0.15, 0.2) is 42.6 Å². The SMILES string of the molecule is CCC(=O)N(C(=O)O)c1cc(-c2c(-c3ccc(F)cc3)nn3c2OCCC3)ccn1. The summed E-state index contributed by atoms with van der Waals surface area (Å²) >= 11 is 0. The summed E-state index contributed by atoms with van der Waals surface area (Å²) in [6.07, 6.45) is 0.852. The highest BCUT2D eigenvalue weighted by molar-refractivity contribution is 6.11. The van der Waals surface area contributed by atoms with Crippen molar-refractivity contribution in [3.05, 3.63) is 48.4 Å². The number of carboxylic acid groups (broad SMARTS) is 1. The first-order valence-electron chi connectivity index (χ1n) is 9.51. The number of nitrogens with zero attached hydrogens (tertiary/aromatic N) is 4. The van der Waals surface area contributed by atoms with Gasteiger partial charge in [-0.3, -0.25) is 4.79 Å². The number of aromatic nitrogens is 3. The van der Waals surface area contributed by atoms with Crippen molar-refractivity contribution >= 4 is 17.8 Å². The number of hydrogen-bond acceptors (Lipinski definition) is 5. The second-order valence-electron chi connectivity index (χ2n) is 6.73. The molecule has 30 heavy (non-hydrogen) atoms. The smallest absolute Gasteiger partial charge is 0.420 e. The molecule has 0 spiro atoms. The van der Waals surface area contributed by atoms with Crippen LogP contribution in [0.3, 0.4) is 0 Å². The van der Waals surface area contributed by atoms with Crippen molar-refractivity contribution in [1.29, 1.82) is 0 Å². The predicted molar refractivity (Wildman–Crippen MR) is 107 cm³/mol. The van der Waals surface area contributed by atoms with E-state index in [4.69, 9.17) is 4.74 Å². The summed E-state index contributed by atoms with van der Waals surface area (Å²) in [6, 6.07) is 9.16. The zero-order valence-electron chi connectivity index (χ0n) is 16.2. The molecule has 0 unspecified atom stereocenters. The van der Waals surface area contributed by atoms with Gasteiger partial charge in [0.15, 0.2) is 0 Å². The van der Waals surface area contributed by atoms with Crippen molar-refractivity contribution in [2.45, 2.75) is 26.3 Å². The van der Waals surface area contributed by atoms with Crippen LogP contribution in [0.2, 0.25) is 0 Å². The van der Waals surface area contributed by atoms with Crippen molar-refractivity contribution < 1.29 is 23.8 Å². The second kappa shape index (κ2) is 7.94. The molecule has 0 saturated heterocycles. The molecule has 0 aliphatic carbocycles. The number of imide groups is 1. The summed E-state index contributed by atoms with van der Waals surface area (Å²) in [7, 11) is 0. The van der Waals surface area contributed by atoms with E-state index < -0.39 is 12.0 Å². The molecule has 0 fully saturated rings. The van der Waals surface area contributed by atoms with Gasteiger partial charge in [-0.25, -0.2) is 18.9 Å². The molecule has 1 aliphatic rings. The molecule has 9 heteroatoms. The van der Waals surface area contributed by atoms with Crippen LogP contribution < -0.4 is 9.64 Å². The molecule has 3 heterocycles. The Balaban J connectivity index is 1.88. The Morgan fingerprint density at radius 3 is 2.70 bits per heavy atom. The molecular formula is C21H19FN4O4.